The summed E-state index contributed by atoms with van der Waals surface area (Å²) in [6.07, 6.45) is 0. The van der Waals surface area contributed by atoms with Crippen LogP contribution in [-0.4, -0.2) is 43.0 Å². The highest BCUT2D eigenvalue weighted by Gasteiger charge is 2.20. The van der Waals surface area contributed by atoms with Crippen LogP contribution >= 0.6 is 0 Å². The number of carbonyl (C=O) groups excluding carboxylic acids is 1. The van der Waals surface area contributed by atoms with Crippen LogP contribution in [-0.2, 0) is 0 Å². The largest absolute Gasteiger partial charge is 0.383 e. The number of aryl methyl sites for hydroxylation is 1. The van der Waals surface area contributed by atoms with Crippen LogP contribution in [0.25, 0.3) is 11.1 Å². The third kappa shape index (κ3) is 5.29. The number of nitrogens with zero attached hydrogens (tertiary/aromatic N) is 2. The summed E-state index contributed by atoms with van der Waals surface area (Å²) >= 11 is 0. The Bertz CT molecular complexity index is 736. The first kappa shape index (κ1) is 18.9. The van der Waals surface area contributed by atoms with Crippen LogP contribution in [0.2, 0.25) is 0 Å². The van der Waals surface area contributed by atoms with E-state index in [1.54, 1.807) is 0 Å². The average molecular weight is 340 g/mol. The van der Waals surface area contributed by atoms with Gasteiger partial charge in [0.25, 0.3) is 5.91 Å². The molecule has 5 nitrogen and oxygen atoms in total. The van der Waals surface area contributed by atoms with Gasteiger partial charge in [0, 0.05) is 29.9 Å². The lowest BCUT2D eigenvalue weighted by Gasteiger charge is -2.28. The molecule has 1 aromatic carbocycles. The molecular weight excluding hydrogens is 312 g/mol. The van der Waals surface area contributed by atoms with Crippen molar-refractivity contribution in [3.63, 3.8) is 0 Å². The number of aromatic nitrogens is 1. The molecule has 0 saturated heterocycles. The Kier molecular flexibility index (Phi) is 5.80. The second-order valence-electron chi connectivity index (χ2n) is 7.55. The topological polar surface area (TPSA) is 71.2 Å². The number of benzene rings is 1. The van der Waals surface area contributed by atoms with Gasteiger partial charge in [0.2, 0.25) is 0 Å². The monoisotopic (exact) mass is 340 g/mol. The van der Waals surface area contributed by atoms with Gasteiger partial charge in [0.05, 0.1) is 0 Å². The second kappa shape index (κ2) is 7.66. The van der Waals surface area contributed by atoms with Gasteiger partial charge in [0.1, 0.15) is 5.82 Å². The minimum Gasteiger partial charge on any atom is -0.383 e. The second-order valence-corrected chi connectivity index (χ2v) is 7.55. The first-order chi connectivity index (χ1) is 11.7. The highest BCUT2D eigenvalue weighted by Crippen LogP contribution is 2.25. The Morgan fingerprint density at radius 1 is 1.16 bits per heavy atom. The van der Waals surface area contributed by atoms with Crippen molar-refractivity contribution in [2.24, 2.45) is 5.41 Å². The molecule has 1 amide bonds. The molecule has 0 bridgehead atoms. The maximum absolute atomic E-state index is 12.4. The minimum absolute atomic E-state index is 0.0150. The van der Waals surface area contributed by atoms with Gasteiger partial charge in [-0.15, -0.1) is 0 Å². The van der Waals surface area contributed by atoms with E-state index in [1.165, 1.54) is 0 Å². The van der Waals surface area contributed by atoms with Gasteiger partial charge in [-0.05, 0) is 56.3 Å². The van der Waals surface area contributed by atoms with Crippen molar-refractivity contribution in [3.8, 4) is 11.1 Å². The molecule has 1 aromatic heterocycles. The molecule has 0 radical (unpaired) electrons. The zero-order chi connectivity index (χ0) is 18.6. The highest BCUT2D eigenvalue weighted by molar-refractivity contribution is 5.94. The van der Waals surface area contributed by atoms with Gasteiger partial charge >= 0.3 is 0 Å². The van der Waals surface area contributed by atoms with E-state index >= 15 is 0 Å². The molecule has 134 valence electrons. The summed E-state index contributed by atoms with van der Waals surface area (Å²) in [6.45, 7) is 7.73. The predicted molar refractivity (Wildman–Crippen MR) is 103 cm³/mol. The zero-order valence-electron chi connectivity index (χ0n) is 15.8. The van der Waals surface area contributed by atoms with Crippen LogP contribution in [0.15, 0.2) is 36.4 Å². The van der Waals surface area contributed by atoms with Crippen LogP contribution in [0.3, 0.4) is 0 Å². The van der Waals surface area contributed by atoms with E-state index in [1.807, 2.05) is 57.4 Å². The van der Waals surface area contributed by atoms with Gasteiger partial charge in [0.15, 0.2) is 0 Å². The van der Waals surface area contributed by atoms with Crippen molar-refractivity contribution in [2.45, 2.75) is 20.8 Å². The van der Waals surface area contributed by atoms with E-state index in [0.29, 0.717) is 17.9 Å². The third-order valence-electron chi connectivity index (χ3n) is 3.99. The first-order valence-electron chi connectivity index (χ1n) is 8.44. The number of pyridine rings is 1. The van der Waals surface area contributed by atoms with Gasteiger partial charge < -0.3 is 16.0 Å². The summed E-state index contributed by atoms with van der Waals surface area (Å²) < 4.78 is 0. The van der Waals surface area contributed by atoms with Gasteiger partial charge in [-0.2, -0.15) is 0 Å². The van der Waals surface area contributed by atoms with Crippen LogP contribution in [0, 0.1) is 12.3 Å². The lowest BCUT2D eigenvalue weighted by atomic mass is 9.93. The first-order valence-corrected chi connectivity index (χ1v) is 8.44. The molecular formula is C20H28N4O. The SMILES string of the molecule is Cc1ccc(-c2ccc(C(=O)NCC(C)(C)CN(C)C)cc2)c(N)n1. The minimum atomic E-state index is -0.0617. The van der Waals surface area contributed by atoms with E-state index < -0.39 is 0 Å². The normalized spacial score (nSPS) is 11.6. The molecule has 2 rings (SSSR count). The van der Waals surface area contributed by atoms with Crippen LogP contribution in [0.1, 0.15) is 29.9 Å². The maximum Gasteiger partial charge on any atom is 0.251 e. The molecule has 0 atom stereocenters. The summed E-state index contributed by atoms with van der Waals surface area (Å²) in [5.41, 5.74) is 9.37. The van der Waals surface area contributed by atoms with Crippen molar-refractivity contribution >= 4 is 11.7 Å². The Labute approximate surface area is 150 Å². The van der Waals surface area contributed by atoms with E-state index in [2.05, 4.69) is 29.0 Å². The molecule has 0 unspecified atom stereocenters. The van der Waals surface area contributed by atoms with Gasteiger partial charge in [-0.25, -0.2) is 4.98 Å². The van der Waals surface area contributed by atoms with Crippen LogP contribution in [0.4, 0.5) is 5.82 Å². The molecule has 2 aromatic rings. The number of carbonyl (C=O) groups is 1. The molecule has 5 heteroatoms. The Morgan fingerprint density at radius 2 is 1.80 bits per heavy atom. The number of hydrogen-bond acceptors (Lipinski definition) is 4. The maximum atomic E-state index is 12.4. The summed E-state index contributed by atoms with van der Waals surface area (Å²) in [7, 11) is 4.07. The molecule has 0 saturated carbocycles. The third-order valence-corrected chi connectivity index (χ3v) is 3.99. The summed E-state index contributed by atoms with van der Waals surface area (Å²) in [6, 6.07) is 11.3. The van der Waals surface area contributed by atoms with E-state index in [4.69, 9.17) is 5.73 Å². The number of amides is 1. The molecule has 25 heavy (non-hydrogen) atoms. The van der Waals surface area contributed by atoms with Gasteiger partial charge in [-0.1, -0.05) is 26.0 Å². The van der Waals surface area contributed by atoms with Crippen LogP contribution < -0.4 is 11.1 Å². The predicted octanol–water partition coefficient (Wildman–Crippen LogP) is 2.96. The summed E-state index contributed by atoms with van der Waals surface area (Å²) in [5, 5.41) is 3.02. The number of rotatable bonds is 6. The van der Waals surface area contributed by atoms with Crippen molar-refractivity contribution in [3.05, 3.63) is 47.7 Å². The zero-order valence-corrected chi connectivity index (χ0v) is 15.8. The molecule has 0 aliphatic rings. The fraction of sp³-hybridized carbons (Fsp3) is 0.400. The molecule has 1 heterocycles. The summed E-state index contributed by atoms with van der Waals surface area (Å²) in [5.74, 6) is 0.441. The number of nitrogens with two attached hydrogens (primary N) is 1. The number of nitrogen functional groups attached to an aromatic ring is 1. The van der Waals surface area contributed by atoms with Crippen LogP contribution in [0.5, 0.6) is 0 Å². The highest BCUT2D eigenvalue weighted by atomic mass is 16.1. The Hall–Kier alpha value is -2.40. The molecule has 3 N–H and O–H groups in total. The quantitative estimate of drug-likeness (QED) is 0.848. The number of hydrogen-bond donors (Lipinski definition) is 2. The van der Waals surface area contributed by atoms with E-state index in [-0.39, 0.29) is 11.3 Å². The number of nitrogens with one attached hydrogen (secondary N) is 1. The van der Waals surface area contributed by atoms with E-state index in [0.717, 1.165) is 23.4 Å². The van der Waals surface area contributed by atoms with Crippen molar-refractivity contribution in [2.75, 3.05) is 32.9 Å². The molecule has 0 aliphatic heterocycles. The Morgan fingerprint density at radius 3 is 2.36 bits per heavy atom. The standard InChI is InChI=1S/C20H28N4O/c1-14-6-11-17(18(21)23-14)15-7-9-16(10-8-15)19(25)22-12-20(2,3)13-24(4)5/h6-11H,12-13H2,1-5H3,(H2,21,23)(H,22,25). The molecule has 0 spiro atoms. The lowest BCUT2D eigenvalue weighted by molar-refractivity contribution is 0.0929. The van der Waals surface area contributed by atoms with Gasteiger partial charge in [-0.3, -0.25) is 4.79 Å². The fourth-order valence-corrected chi connectivity index (χ4v) is 2.96. The molecule has 0 fully saturated rings. The smallest absolute Gasteiger partial charge is 0.251 e. The number of anilines is 1. The van der Waals surface area contributed by atoms with Crippen molar-refractivity contribution in [1.82, 2.24) is 15.2 Å². The van der Waals surface area contributed by atoms with E-state index in [9.17, 15) is 4.79 Å². The fourth-order valence-electron chi connectivity index (χ4n) is 2.96. The van der Waals surface area contributed by atoms with Crippen molar-refractivity contribution < 1.29 is 4.79 Å². The molecule has 0 aliphatic carbocycles. The Balaban J connectivity index is 2.05. The van der Waals surface area contributed by atoms with Crippen molar-refractivity contribution in [1.29, 1.82) is 0 Å². The summed E-state index contributed by atoms with van der Waals surface area (Å²) in [4.78, 5) is 18.8. The average Bonchev–Trinajstić information content (AvgIpc) is 2.52. The lowest BCUT2D eigenvalue weighted by Crippen LogP contribution is -2.39.